The molecule has 0 atom stereocenters. The molecule has 0 bridgehead atoms. The number of aromatic nitrogens is 2. The van der Waals surface area contributed by atoms with Crippen molar-refractivity contribution >= 4 is 29.4 Å². The van der Waals surface area contributed by atoms with Gasteiger partial charge in [-0.25, -0.2) is 9.78 Å². The van der Waals surface area contributed by atoms with E-state index >= 15 is 0 Å². The normalized spacial score (nSPS) is 12.3. The van der Waals surface area contributed by atoms with Crippen molar-refractivity contribution in [1.29, 1.82) is 0 Å². The summed E-state index contributed by atoms with van der Waals surface area (Å²) in [5, 5.41) is 2.53. The van der Waals surface area contributed by atoms with Crippen LogP contribution in [0.4, 0.5) is 5.69 Å². The van der Waals surface area contributed by atoms with Gasteiger partial charge < -0.3 is 14.8 Å². The molecule has 10 heteroatoms. The minimum Gasteiger partial charge on any atom is -0.452 e. The molecular weight excluding hydrogens is 416 g/mol. The van der Waals surface area contributed by atoms with Gasteiger partial charge in [0, 0.05) is 25.1 Å². The molecule has 10 nitrogen and oxygen atoms in total. The molecule has 3 heterocycles. The SMILES string of the molecule is CN1C(=O)c2ccc(NC(=O)COC(=O)c3cccnc3Oc3cccnc3)cc2C1=O. The topological polar surface area (TPSA) is 128 Å². The van der Waals surface area contributed by atoms with Crippen LogP contribution in [0.25, 0.3) is 0 Å². The zero-order chi connectivity index (χ0) is 22.7. The van der Waals surface area contributed by atoms with Crippen LogP contribution in [-0.2, 0) is 9.53 Å². The Morgan fingerprint density at radius 2 is 1.81 bits per heavy atom. The molecule has 1 aromatic carbocycles. The van der Waals surface area contributed by atoms with E-state index in [-0.39, 0.29) is 22.6 Å². The maximum Gasteiger partial charge on any atom is 0.344 e. The molecule has 0 saturated heterocycles. The molecule has 3 aromatic rings. The second-order valence-electron chi connectivity index (χ2n) is 6.70. The number of esters is 1. The molecule has 2 aromatic heterocycles. The number of imide groups is 1. The lowest BCUT2D eigenvalue weighted by atomic mass is 10.1. The first-order valence-corrected chi connectivity index (χ1v) is 9.40. The van der Waals surface area contributed by atoms with Crippen LogP contribution < -0.4 is 10.1 Å². The highest BCUT2D eigenvalue weighted by Crippen LogP contribution is 2.25. The zero-order valence-electron chi connectivity index (χ0n) is 16.8. The fraction of sp³-hybridized carbons (Fsp3) is 0.0909. The molecule has 3 amide bonds. The first kappa shape index (κ1) is 20.7. The van der Waals surface area contributed by atoms with Gasteiger partial charge in [0.15, 0.2) is 6.61 Å². The molecule has 0 aliphatic carbocycles. The summed E-state index contributed by atoms with van der Waals surface area (Å²) in [7, 11) is 1.38. The van der Waals surface area contributed by atoms with Gasteiger partial charge in [0.05, 0.1) is 17.3 Å². The van der Waals surface area contributed by atoms with Crippen LogP contribution >= 0.6 is 0 Å². The molecule has 0 unspecified atom stereocenters. The second kappa shape index (κ2) is 8.64. The molecule has 160 valence electrons. The number of carbonyl (C=O) groups is 4. The Balaban J connectivity index is 1.39. The van der Waals surface area contributed by atoms with Crippen molar-refractivity contribution in [3.05, 3.63) is 77.7 Å². The van der Waals surface area contributed by atoms with E-state index in [1.807, 2.05) is 0 Å². The van der Waals surface area contributed by atoms with Gasteiger partial charge >= 0.3 is 5.97 Å². The molecule has 0 fully saturated rings. The Morgan fingerprint density at radius 3 is 2.59 bits per heavy atom. The summed E-state index contributed by atoms with van der Waals surface area (Å²) in [4.78, 5) is 57.7. The summed E-state index contributed by atoms with van der Waals surface area (Å²) in [6.45, 7) is -0.579. The Kier molecular flexibility index (Phi) is 5.58. The minimum atomic E-state index is -0.802. The Morgan fingerprint density at radius 1 is 1.03 bits per heavy atom. The van der Waals surface area contributed by atoms with Crippen LogP contribution in [0.15, 0.2) is 61.1 Å². The van der Waals surface area contributed by atoms with Crippen LogP contribution in [-0.4, -0.2) is 52.2 Å². The molecule has 32 heavy (non-hydrogen) atoms. The molecule has 0 radical (unpaired) electrons. The molecule has 4 rings (SSSR count). The Hall–Kier alpha value is -4.60. The van der Waals surface area contributed by atoms with Crippen molar-refractivity contribution in [2.75, 3.05) is 19.0 Å². The number of fused-ring (bicyclic) bond motifs is 1. The fourth-order valence-electron chi connectivity index (χ4n) is 2.99. The van der Waals surface area contributed by atoms with Gasteiger partial charge in [-0.05, 0) is 42.5 Å². The lowest BCUT2D eigenvalue weighted by Crippen LogP contribution is -2.24. The first-order chi connectivity index (χ1) is 15.4. The van der Waals surface area contributed by atoms with E-state index in [4.69, 9.17) is 9.47 Å². The number of benzene rings is 1. The summed E-state index contributed by atoms with van der Waals surface area (Å²) >= 11 is 0. The van der Waals surface area contributed by atoms with Gasteiger partial charge in [-0.15, -0.1) is 0 Å². The number of nitrogens with one attached hydrogen (secondary N) is 1. The quantitative estimate of drug-likeness (QED) is 0.464. The van der Waals surface area contributed by atoms with Crippen molar-refractivity contribution in [1.82, 2.24) is 14.9 Å². The monoisotopic (exact) mass is 432 g/mol. The molecule has 0 saturated carbocycles. The maximum absolute atomic E-state index is 12.5. The van der Waals surface area contributed by atoms with Crippen LogP contribution in [0.1, 0.15) is 31.1 Å². The molecule has 1 N–H and O–H groups in total. The van der Waals surface area contributed by atoms with Crippen molar-refractivity contribution in [3.63, 3.8) is 0 Å². The van der Waals surface area contributed by atoms with Crippen molar-refractivity contribution in [3.8, 4) is 11.6 Å². The largest absolute Gasteiger partial charge is 0.452 e. The number of rotatable bonds is 6. The van der Waals surface area contributed by atoms with Crippen LogP contribution in [0, 0.1) is 0 Å². The third kappa shape index (κ3) is 4.15. The summed E-state index contributed by atoms with van der Waals surface area (Å²) in [6.07, 6.45) is 4.49. The predicted octanol–water partition coefficient (Wildman–Crippen LogP) is 2.29. The molecule has 1 aliphatic heterocycles. The van der Waals surface area contributed by atoms with E-state index in [0.717, 1.165) is 4.90 Å². The lowest BCUT2D eigenvalue weighted by Gasteiger charge is -2.10. The molecule has 0 spiro atoms. The van der Waals surface area contributed by atoms with E-state index in [1.165, 1.54) is 49.8 Å². The summed E-state index contributed by atoms with van der Waals surface area (Å²) < 4.78 is 10.6. The van der Waals surface area contributed by atoms with E-state index in [1.54, 1.807) is 18.3 Å². The van der Waals surface area contributed by atoms with Crippen LogP contribution in [0.2, 0.25) is 0 Å². The molecular formula is C22H16N4O6. The number of pyridine rings is 2. The minimum absolute atomic E-state index is 0.0110. The number of hydrogen-bond donors (Lipinski definition) is 1. The molecule has 1 aliphatic rings. The van der Waals surface area contributed by atoms with Crippen LogP contribution in [0.5, 0.6) is 11.6 Å². The smallest absolute Gasteiger partial charge is 0.344 e. The third-order valence-electron chi connectivity index (χ3n) is 4.55. The summed E-state index contributed by atoms with van der Waals surface area (Å²) in [6, 6.07) is 10.7. The van der Waals surface area contributed by atoms with E-state index in [0.29, 0.717) is 11.4 Å². The van der Waals surface area contributed by atoms with E-state index < -0.39 is 30.3 Å². The summed E-state index contributed by atoms with van der Waals surface area (Å²) in [5.74, 6) is -1.89. The first-order valence-electron chi connectivity index (χ1n) is 9.40. The van der Waals surface area contributed by atoms with Crippen molar-refractivity contribution in [2.45, 2.75) is 0 Å². The average Bonchev–Trinajstić information content (AvgIpc) is 3.02. The van der Waals surface area contributed by atoms with Gasteiger partial charge in [0.2, 0.25) is 5.88 Å². The number of amides is 3. The third-order valence-corrected chi connectivity index (χ3v) is 4.55. The lowest BCUT2D eigenvalue weighted by molar-refractivity contribution is -0.119. The van der Waals surface area contributed by atoms with Gasteiger partial charge in [0.1, 0.15) is 11.3 Å². The van der Waals surface area contributed by atoms with Gasteiger partial charge in [0.25, 0.3) is 17.7 Å². The average molecular weight is 432 g/mol. The highest BCUT2D eigenvalue weighted by atomic mass is 16.5. The summed E-state index contributed by atoms with van der Waals surface area (Å²) in [5.41, 5.74) is 0.788. The fourth-order valence-corrected chi connectivity index (χ4v) is 2.99. The van der Waals surface area contributed by atoms with Gasteiger partial charge in [-0.3, -0.25) is 24.3 Å². The van der Waals surface area contributed by atoms with Crippen molar-refractivity contribution in [2.24, 2.45) is 0 Å². The Labute approximate surface area is 181 Å². The number of ether oxygens (including phenoxy) is 2. The number of anilines is 1. The number of hydrogen-bond acceptors (Lipinski definition) is 8. The van der Waals surface area contributed by atoms with E-state index in [9.17, 15) is 19.2 Å². The highest BCUT2D eigenvalue weighted by Gasteiger charge is 2.32. The maximum atomic E-state index is 12.5. The zero-order valence-corrected chi connectivity index (χ0v) is 16.8. The Bertz CT molecular complexity index is 1230. The van der Waals surface area contributed by atoms with E-state index in [2.05, 4.69) is 15.3 Å². The van der Waals surface area contributed by atoms with Crippen molar-refractivity contribution < 1.29 is 28.7 Å². The number of carbonyl (C=O) groups excluding carboxylic acids is 4. The standard InChI is InChI=1S/C22H16N4O6/c1-26-20(28)15-7-6-13(10-17(15)21(26)29)25-18(27)12-31-22(30)16-5-3-9-24-19(16)32-14-4-2-8-23-11-14/h2-11H,12H2,1H3,(H,25,27). The van der Waals surface area contributed by atoms with Gasteiger partial charge in [-0.2, -0.15) is 0 Å². The highest BCUT2D eigenvalue weighted by molar-refractivity contribution is 6.21. The second-order valence-corrected chi connectivity index (χ2v) is 6.70. The van der Waals surface area contributed by atoms with Gasteiger partial charge in [-0.1, -0.05) is 0 Å². The number of nitrogens with zero attached hydrogens (tertiary/aromatic N) is 3. The van der Waals surface area contributed by atoms with Crippen LogP contribution in [0.3, 0.4) is 0 Å². The predicted molar refractivity (Wildman–Crippen MR) is 110 cm³/mol.